The van der Waals surface area contributed by atoms with Gasteiger partial charge in [0.25, 0.3) is 11.8 Å². The molecule has 2 amide bonds. The molecule has 0 aliphatic carbocycles. The van der Waals surface area contributed by atoms with Gasteiger partial charge in [-0.2, -0.15) is 0 Å². The number of nitrogen functional groups attached to an aromatic ring is 1. The van der Waals surface area contributed by atoms with Crippen molar-refractivity contribution in [3.05, 3.63) is 21.8 Å². The first-order valence-corrected chi connectivity index (χ1v) is 14.4. The maximum atomic E-state index is 13.5. The molecule has 0 fully saturated rings. The van der Waals surface area contributed by atoms with Gasteiger partial charge in [-0.1, -0.05) is 0 Å². The average molecular weight is 887 g/mol. The quantitative estimate of drug-likeness (QED) is 0.136. The molecule has 0 saturated heterocycles. The van der Waals surface area contributed by atoms with Gasteiger partial charge in [0.1, 0.15) is 13.2 Å². The minimum Gasteiger partial charge on any atom is -0.462 e. The van der Waals surface area contributed by atoms with Crippen molar-refractivity contribution in [3.8, 4) is 0 Å². The number of amides is 2. The Morgan fingerprint density at radius 3 is 1.72 bits per heavy atom. The van der Waals surface area contributed by atoms with Gasteiger partial charge in [-0.3, -0.25) is 28.8 Å². The first-order chi connectivity index (χ1) is 18.1. The molecule has 216 valence electrons. The van der Waals surface area contributed by atoms with Gasteiger partial charge in [-0.25, -0.2) is 0 Å². The number of benzene rings is 1. The highest BCUT2D eigenvalue weighted by molar-refractivity contribution is 14.1. The van der Waals surface area contributed by atoms with E-state index in [2.05, 4.69) is 5.32 Å². The fourth-order valence-electron chi connectivity index (χ4n) is 3.09. The van der Waals surface area contributed by atoms with E-state index in [-0.39, 0.29) is 43.1 Å². The summed E-state index contributed by atoms with van der Waals surface area (Å²) in [6.07, 6.45) is -1.86. The van der Waals surface area contributed by atoms with Crippen LogP contribution in [0, 0.1) is 10.7 Å². The molecule has 0 aliphatic heterocycles. The summed E-state index contributed by atoms with van der Waals surface area (Å²) in [7, 11) is 1.46. The number of likely N-dealkylation sites (N-methyl/N-ethyl adjacent to an activating group) is 1. The van der Waals surface area contributed by atoms with Crippen molar-refractivity contribution in [1.29, 1.82) is 0 Å². The summed E-state index contributed by atoms with van der Waals surface area (Å²) in [5.74, 6) is -3.51. The number of esters is 4. The summed E-state index contributed by atoms with van der Waals surface area (Å²) in [6, 6.07) is 0. The minimum atomic E-state index is -0.936. The number of carbonyl (C=O) groups is 6. The molecule has 16 heteroatoms. The lowest BCUT2D eigenvalue weighted by Gasteiger charge is -2.25. The van der Waals surface area contributed by atoms with Crippen molar-refractivity contribution < 1.29 is 47.7 Å². The van der Waals surface area contributed by atoms with E-state index in [1.807, 2.05) is 67.8 Å². The number of nitrogens with zero attached hydrogens (tertiary/aromatic N) is 1. The number of hydrogen-bond donors (Lipinski definition) is 2. The van der Waals surface area contributed by atoms with Crippen molar-refractivity contribution in [3.63, 3.8) is 0 Å². The molecule has 1 aromatic rings. The van der Waals surface area contributed by atoms with Crippen LogP contribution in [0.15, 0.2) is 0 Å². The lowest BCUT2D eigenvalue weighted by atomic mass is 10.1. The van der Waals surface area contributed by atoms with Crippen LogP contribution >= 0.6 is 67.8 Å². The molecule has 0 aliphatic rings. The first-order valence-electron chi connectivity index (χ1n) is 11.2. The van der Waals surface area contributed by atoms with Crippen LogP contribution in [0.5, 0.6) is 0 Å². The number of carbonyl (C=O) groups excluding carboxylic acids is 6. The van der Waals surface area contributed by atoms with Gasteiger partial charge in [0.05, 0.1) is 37.0 Å². The topological polar surface area (TPSA) is 181 Å². The molecule has 0 unspecified atom stereocenters. The number of nitrogens with one attached hydrogen (secondary N) is 1. The van der Waals surface area contributed by atoms with E-state index in [1.165, 1.54) is 39.6 Å². The van der Waals surface area contributed by atoms with Crippen molar-refractivity contribution in [1.82, 2.24) is 10.2 Å². The van der Waals surface area contributed by atoms with Crippen molar-refractivity contribution in [2.24, 2.45) is 0 Å². The first kappa shape index (κ1) is 35.1. The lowest BCUT2D eigenvalue weighted by molar-refractivity contribution is -0.156. The molecule has 0 spiro atoms. The Morgan fingerprint density at radius 1 is 0.769 bits per heavy atom. The van der Waals surface area contributed by atoms with Gasteiger partial charge in [0.2, 0.25) is 0 Å². The second-order valence-corrected chi connectivity index (χ2v) is 11.3. The Morgan fingerprint density at radius 2 is 1.23 bits per heavy atom. The molecule has 1 aromatic carbocycles. The Labute approximate surface area is 265 Å². The van der Waals surface area contributed by atoms with Crippen molar-refractivity contribution >= 4 is 109 Å². The second-order valence-electron chi connectivity index (χ2n) is 8.07. The van der Waals surface area contributed by atoms with Crippen LogP contribution in [-0.2, 0) is 38.1 Å². The summed E-state index contributed by atoms with van der Waals surface area (Å²) >= 11 is 5.68. The normalized spacial score (nSPS) is 12.0. The minimum absolute atomic E-state index is 0.106. The summed E-state index contributed by atoms with van der Waals surface area (Å²) in [6.45, 7) is 3.99. The van der Waals surface area contributed by atoms with Crippen LogP contribution in [0.3, 0.4) is 0 Å². The second kappa shape index (κ2) is 16.3. The molecule has 0 bridgehead atoms. The van der Waals surface area contributed by atoms with E-state index in [4.69, 9.17) is 24.7 Å². The molecule has 0 radical (unpaired) electrons. The highest BCUT2D eigenvalue weighted by atomic mass is 127. The zero-order chi connectivity index (χ0) is 30.0. The monoisotopic (exact) mass is 887 g/mol. The largest absolute Gasteiger partial charge is 0.462 e. The Bertz CT molecular complexity index is 1150. The molecule has 0 aromatic heterocycles. The van der Waals surface area contributed by atoms with Gasteiger partial charge in [-0.15, -0.1) is 0 Å². The van der Waals surface area contributed by atoms with Gasteiger partial charge in [0, 0.05) is 38.3 Å². The van der Waals surface area contributed by atoms with E-state index in [1.54, 1.807) is 0 Å². The van der Waals surface area contributed by atoms with Gasteiger partial charge in [-0.05, 0) is 67.8 Å². The van der Waals surface area contributed by atoms with Gasteiger partial charge >= 0.3 is 23.9 Å². The number of anilines is 1. The SMILES string of the molecule is CC(=O)OC[C@@H](CNC(=O)c1c(I)c(N)c(I)c(C(=O)N(C)C[C@@H](COC(C)=O)OC(C)=O)c1I)OC(C)=O. The molecule has 13 nitrogen and oxygen atoms in total. The maximum absolute atomic E-state index is 13.5. The molecule has 0 saturated carbocycles. The van der Waals surface area contributed by atoms with Crippen molar-refractivity contribution in [2.75, 3.05) is 39.1 Å². The van der Waals surface area contributed by atoms with Gasteiger partial charge < -0.3 is 34.9 Å². The summed E-state index contributed by atoms with van der Waals surface area (Å²) < 4.78 is 21.2. The van der Waals surface area contributed by atoms with E-state index in [0.29, 0.717) is 10.7 Å². The van der Waals surface area contributed by atoms with Crippen LogP contribution in [0.1, 0.15) is 48.4 Å². The Balaban J connectivity index is 3.27. The summed E-state index contributed by atoms with van der Waals surface area (Å²) in [5.41, 5.74) is 6.72. The van der Waals surface area contributed by atoms with Crippen LogP contribution in [-0.4, -0.2) is 86.2 Å². The lowest BCUT2D eigenvalue weighted by Crippen LogP contribution is -2.40. The van der Waals surface area contributed by atoms with Crippen LogP contribution in [0.4, 0.5) is 5.69 Å². The van der Waals surface area contributed by atoms with Gasteiger partial charge in [0.15, 0.2) is 12.2 Å². The third-order valence-corrected chi connectivity index (χ3v) is 8.04. The van der Waals surface area contributed by atoms with E-state index >= 15 is 0 Å². The van der Waals surface area contributed by atoms with E-state index < -0.39 is 47.9 Å². The highest BCUT2D eigenvalue weighted by Crippen LogP contribution is 2.34. The van der Waals surface area contributed by atoms with E-state index in [9.17, 15) is 28.8 Å². The Hall–Kier alpha value is -1.97. The van der Waals surface area contributed by atoms with E-state index in [0.717, 1.165) is 0 Å². The molecular formula is C23H28I3N3O10. The molecule has 0 heterocycles. The predicted molar refractivity (Wildman–Crippen MR) is 163 cm³/mol. The molecule has 3 N–H and O–H groups in total. The third kappa shape index (κ3) is 11.2. The maximum Gasteiger partial charge on any atom is 0.303 e. The van der Waals surface area contributed by atoms with Crippen LogP contribution in [0.2, 0.25) is 0 Å². The number of ether oxygens (including phenoxy) is 4. The fourth-order valence-corrected chi connectivity index (χ4v) is 7.21. The Kier molecular flexibility index (Phi) is 14.7. The summed E-state index contributed by atoms with van der Waals surface area (Å²) in [5, 5.41) is 2.63. The highest BCUT2D eigenvalue weighted by Gasteiger charge is 2.30. The fraction of sp³-hybridized carbons (Fsp3) is 0.478. The van der Waals surface area contributed by atoms with Crippen LogP contribution < -0.4 is 11.1 Å². The molecule has 39 heavy (non-hydrogen) atoms. The van der Waals surface area contributed by atoms with Crippen LogP contribution in [0.25, 0.3) is 0 Å². The number of rotatable bonds is 12. The number of hydrogen-bond acceptors (Lipinski definition) is 11. The zero-order valence-corrected chi connectivity index (χ0v) is 28.2. The predicted octanol–water partition coefficient (Wildman–Crippen LogP) is 1.87. The third-order valence-electron chi connectivity index (χ3n) is 4.72. The molecule has 1 rings (SSSR count). The summed E-state index contributed by atoms with van der Waals surface area (Å²) in [4.78, 5) is 73.2. The smallest absolute Gasteiger partial charge is 0.303 e. The standard InChI is InChI=1S/C23H28I3N3O10/c1-10(30)36-8-14(38-12(3)32)6-28-22(34)16-18(24)17(20(26)21(27)19(16)25)23(35)29(5)7-15(39-13(4)33)9-37-11(2)31/h14-15H,6-9,27H2,1-5H3,(H,28,34)/t14-,15+/m1/s1. The van der Waals surface area contributed by atoms with Crippen molar-refractivity contribution in [2.45, 2.75) is 39.9 Å². The number of nitrogens with two attached hydrogens (primary N) is 1. The average Bonchev–Trinajstić information content (AvgIpc) is 2.82. The molecule has 2 atom stereocenters. The molecular weight excluding hydrogens is 859 g/mol. The zero-order valence-electron chi connectivity index (χ0n) is 21.7. The number of halogens is 3.